The molecule has 0 radical (unpaired) electrons. The van der Waals surface area contributed by atoms with Crippen LogP contribution in [0.5, 0.6) is 0 Å². The van der Waals surface area contributed by atoms with Crippen molar-refractivity contribution in [3.05, 3.63) is 0 Å². The SMILES string of the molecule is O=C(NC1CCC(F)(F)C1)C(F)(F)F. The monoisotopic (exact) mass is 217 g/mol. The van der Waals surface area contributed by atoms with Crippen LogP contribution in [-0.4, -0.2) is 24.0 Å². The number of alkyl halides is 5. The molecule has 1 aliphatic carbocycles. The Morgan fingerprint density at radius 3 is 2.29 bits per heavy atom. The van der Waals surface area contributed by atoms with Crippen molar-refractivity contribution in [1.82, 2.24) is 5.32 Å². The van der Waals surface area contributed by atoms with Gasteiger partial charge in [0.1, 0.15) is 0 Å². The van der Waals surface area contributed by atoms with Crippen molar-refractivity contribution in [2.24, 2.45) is 0 Å². The van der Waals surface area contributed by atoms with Gasteiger partial charge in [0.2, 0.25) is 5.92 Å². The van der Waals surface area contributed by atoms with Crippen LogP contribution in [0.15, 0.2) is 0 Å². The standard InChI is InChI=1S/C7H8F5NO/c8-6(9)2-1-4(3-6)13-5(14)7(10,11)12/h4H,1-3H2,(H,13,14). The molecular formula is C7H8F5NO. The molecule has 0 aromatic heterocycles. The minimum Gasteiger partial charge on any atom is -0.345 e. The van der Waals surface area contributed by atoms with Crippen LogP contribution in [0.2, 0.25) is 0 Å². The predicted octanol–water partition coefficient (Wildman–Crippen LogP) is 1.85. The third kappa shape index (κ3) is 2.81. The maximum Gasteiger partial charge on any atom is 0.471 e. The van der Waals surface area contributed by atoms with E-state index in [1.165, 1.54) is 5.32 Å². The summed E-state index contributed by atoms with van der Waals surface area (Å²) in [5.41, 5.74) is 0. The number of rotatable bonds is 1. The highest BCUT2D eigenvalue weighted by atomic mass is 19.4. The summed E-state index contributed by atoms with van der Waals surface area (Å²) in [5, 5.41) is 1.53. The van der Waals surface area contributed by atoms with Gasteiger partial charge in [-0.25, -0.2) is 8.78 Å². The van der Waals surface area contributed by atoms with Crippen LogP contribution in [0.25, 0.3) is 0 Å². The van der Waals surface area contributed by atoms with Gasteiger partial charge in [-0.2, -0.15) is 13.2 Å². The van der Waals surface area contributed by atoms with Crippen molar-refractivity contribution in [2.75, 3.05) is 0 Å². The molecule has 2 nitrogen and oxygen atoms in total. The van der Waals surface area contributed by atoms with Crippen molar-refractivity contribution < 1.29 is 26.7 Å². The second-order valence-electron chi connectivity index (χ2n) is 3.27. The Bertz CT molecular complexity index is 237. The number of hydrogen-bond acceptors (Lipinski definition) is 1. The fourth-order valence-electron chi connectivity index (χ4n) is 1.34. The molecule has 0 aromatic carbocycles. The number of carbonyl (C=O) groups is 1. The topological polar surface area (TPSA) is 29.1 Å². The fraction of sp³-hybridized carbons (Fsp3) is 0.857. The van der Waals surface area contributed by atoms with E-state index >= 15 is 0 Å². The Balaban J connectivity index is 2.44. The second kappa shape index (κ2) is 3.36. The number of hydrogen-bond donors (Lipinski definition) is 1. The molecule has 0 aliphatic heterocycles. The van der Waals surface area contributed by atoms with Gasteiger partial charge in [0, 0.05) is 18.9 Å². The quantitative estimate of drug-likeness (QED) is 0.667. The van der Waals surface area contributed by atoms with Crippen LogP contribution in [0.3, 0.4) is 0 Å². The normalized spacial score (nSPS) is 26.2. The van der Waals surface area contributed by atoms with E-state index in [4.69, 9.17) is 0 Å². The lowest BCUT2D eigenvalue weighted by atomic mass is 10.2. The number of amides is 1. The first-order chi connectivity index (χ1) is 6.21. The average Bonchev–Trinajstić information content (AvgIpc) is 2.28. The lowest BCUT2D eigenvalue weighted by molar-refractivity contribution is -0.174. The van der Waals surface area contributed by atoms with Crippen LogP contribution in [0.1, 0.15) is 19.3 Å². The van der Waals surface area contributed by atoms with E-state index in [9.17, 15) is 26.7 Å². The highest BCUT2D eigenvalue weighted by Crippen LogP contribution is 2.35. The first kappa shape index (κ1) is 11.2. The van der Waals surface area contributed by atoms with Gasteiger partial charge in [-0.05, 0) is 6.42 Å². The zero-order chi connectivity index (χ0) is 11.0. The maximum atomic E-state index is 12.5. The largest absolute Gasteiger partial charge is 0.471 e. The minimum atomic E-state index is -5.00. The van der Waals surface area contributed by atoms with Gasteiger partial charge in [-0.15, -0.1) is 0 Å². The van der Waals surface area contributed by atoms with Crippen molar-refractivity contribution in [3.8, 4) is 0 Å². The van der Waals surface area contributed by atoms with Crippen LogP contribution in [0.4, 0.5) is 22.0 Å². The second-order valence-corrected chi connectivity index (χ2v) is 3.27. The van der Waals surface area contributed by atoms with Crippen molar-refractivity contribution in [2.45, 2.75) is 37.4 Å². The van der Waals surface area contributed by atoms with Gasteiger partial charge in [-0.1, -0.05) is 0 Å². The summed E-state index contributed by atoms with van der Waals surface area (Å²) in [5.74, 6) is -5.11. The molecular weight excluding hydrogens is 209 g/mol. The summed E-state index contributed by atoms with van der Waals surface area (Å²) < 4.78 is 60.1. The summed E-state index contributed by atoms with van der Waals surface area (Å²) in [6.45, 7) is 0. The zero-order valence-electron chi connectivity index (χ0n) is 7.00. The minimum absolute atomic E-state index is 0.116. The van der Waals surface area contributed by atoms with E-state index in [2.05, 4.69) is 0 Å². The van der Waals surface area contributed by atoms with E-state index in [0.29, 0.717) is 0 Å². The lowest BCUT2D eigenvalue weighted by Crippen LogP contribution is -2.42. The van der Waals surface area contributed by atoms with Crippen LogP contribution in [-0.2, 0) is 4.79 Å². The molecule has 1 fully saturated rings. The Kier molecular flexibility index (Phi) is 2.69. The van der Waals surface area contributed by atoms with E-state index in [1.54, 1.807) is 0 Å². The first-order valence-corrected chi connectivity index (χ1v) is 3.96. The van der Waals surface area contributed by atoms with E-state index in [-0.39, 0.29) is 6.42 Å². The molecule has 1 atom stereocenters. The summed E-state index contributed by atoms with van der Waals surface area (Å²) >= 11 is 0. The van der Waals surface area contributed by atoms with Crippen LogP contribution >= 0.6 is 0 Å². The zero-order valence-corrected chi connectivity index (χ0v) is 7.00. The summed E-state index contributed by atoms with van der Waals surface area (Å²) in [6, 6.07) is -1.07. The first-order valence-electron chi connectivity index (χ1n) is 3.96. The molecule has 0 heterocycles. The molecule has 1 amide bonds. The summed E-state index contributed by atoms with van der Waals surface area (Å²) in [7, 11) is 0. The molecule has 1 unspecified atom stereocenters. The number of halogens is 5. The van der Waals surface area contributed by atoms with Gasteiger partial charge in [0.25, 0.3) is 0 Å². The highest BCUT2D eigenvalue weighted by molar-refractivity contribution is 5.81. The highest BCUT2D eigenvalue weighted by Gasteiger charge is 2.44. The number of nitrogens with one attached hydrogen (secondary N) is 1. The van der Waals surface area contributed by atoms with E-state index in [0.717, 1.165) is 0 Å². The average molecular weight is 217 g/mol. The lowest BCUT2D eigenvalue weighted by Gasteiger charge is -2.14. The predicted molar refractivity (Wildman–Crippen MR) is 36.8 cm³/mol. The van der Waals surface area contributed by atoms with Crippen LogP contribution < -0.4 is 5.32 Å². The molecule has 1 aliphatic rings. The van der Waals surface area contributed by atoms with E-state index in [1.807, 2.05) is 0 Å². The van der Waals surface area contributed by atoms with Gasteiger partial charge in [0.05, 0.1) is 0 Å². The summed E-state index contributed by atoms with van der Waals surface area (Å²) in [4.78, 5) is 10.4. The molecule has 7 heteroatoms. The van der Waals surface area contributed by atoms with Crippen molar-refractivity contribution in [3.63, 3.8) is 0 Å². The van der Waals surface area contributed by atoms with Gasteiger partial charge in [-0.3, -0.25) is 4.79 Å². The Morgan fingerprint density at radius 2 is 1.93 bits per heavy atom. The van der Waals surface area contributed by atoms with Crippen molar-refractivity contribution in [1.29, 1.82) is 0 Å². The molecule has 0 spiro atoms. The molecule has 1 N–H and O–H groups in total. The Labute approximate surface area is 76.5 Å². The van der Waals surface area contributed by atoms with Crippen LogP contribution in [0, 0.1) is 0 Å². The maximum absolute atomic E-state index is 12.5. The van der Waals surface area contributed by atoms with Gasteiger partial charge in [0.15, 0.2) is 0 Å². The van der Waals surface area contributed by atoms with Gasteiger partial charge >= 0.3 is 12.1 Å². The smallest absolute Gasteiger partial charge is 0.345 e. The third-order valence-corrected chi connectivity index (χ3v) is 2.00. The molecule has 82 valence electrons. The molecule has 0 bridgehead atoms. The van der Waals surface area contributed by atoms with Crippen molar-refractivity contribution >= 4 is 5.91 Å². The molecule has 14 heavy (non-hydrogen) atoms. The molecule has 1 rings (SSSR count). The third-order valence-electron chi connectivity index (χ3n) is 2.00. The molecule has 1 saturated carbocycles. The number of carbonyl (C=O) groups excluding carboxylic acids is 1. The molecule has 0 aromatic rings. The Morgan fingerprint density at radius 1 is 1.36 bits per heavy atom. The fourth-order valence-corrected chi connectivity index (χ4v) is 1.34. The van der Waals surface area contributed by atoms with Gasteiger partial charge < -0.3 is 5.32 Å². The molecule has 0 saturated heterocycles. The van der Waals surface area contributed by atoms with E-state index < -0.39 is 36.9 Å². The summed E-state index contributed by atoms with van der Waals surface area (Å²) in [6.07, 6.45) is -6.31. The Hall–Kier alpha value is -0.880.